The van der Waals surface area contributed by atoms with Crippen LogP contribution in [0.4, 0.5) is 0 Å². The second kappa shape index (κ2) is 7.82. The van der Waals surface area contributed by atoms with E-state index < -0.39 is 0 Å². The van der Waals surface area contributed by atoms with E-state index in [1.807, 2.05) is 12.1 Å². The predicted molar refractivity (Wildman–Crippen MR) is 86.4 cm³/mol. The molecule has 0 unspecified atom stereocenters. The molecule has 7 heteroatoms. The zero-order valence-corrected chi connectivity index (χ0v) is 13.2. The number of carbonyl (C=O) groups excluding carboxylic acids is 1. The normalized spacial score (nSPS) is 15.5. The van der Waals surface area contributed by atoms with Crippen molar-refractivity contribution in [3.63, 3.8) is 0 Å². The number of aromatic nitrogens is 4. The molecule has 3 rings (SSSR count). The van der Waals surface area contributed by atoms with E-state index in [9.17, 15) is 4.79 Å². The van der Waals surface area contributed by atoms with Crippen molar-refractivity contribution in [3.8, 4) is 5.69 Å². The van der Waals surface area contributed by atoms with Gasteiger partial charge in [0.1, 0.15) is 6.33 Å². The quantitative estimate of drug-likeness (QED) is 0.813. The van der Waals surface area contributed by atoms with Crippen molar-refractivity contribution in [1.29, 1.82) is 0 Å². The van der Waals surface area contributed by atoms with Gasteiger partial charge in [0.25, 0.3) is 5.91 Å². The number of tetrazole rings is 1. The molecule has 23 heavy (non-hydrogen) atoms. The Morgan fingerprint density at radius 2 is 2.09 bits per heavy atom. The van der Waals surface area contributed by atoms with Crippen LogP contribution in [-0.4, -0.2) is 57.2 Å². The summed E-state index contributed by atoms with van der Waals surface area (Å²) in [6.07, 6.45) is 6.45. The topological polar surface area (TPSA) is 75.9 Å². The average molecular weight is 314 g/mol. The molecule has 0 bridgehead atoms. The lowest BCUT2D eigenvalue weighted by atomic mass is 10.1. The van der Waals surface area contributed by atoms with Crippen molar-refractivity contribution in [2.75, 3.05) is 26.2 Å². The fourth-order valence-corrected chi connectivity index (χ4v) is 2.86. The largest absolute Gasteiger partial charge is 0.352 e. The second-order valence-electron chi connectivity index (χ2n) is 5.82. The lowest BCUT2D eigenvalue weighted by molar-refractivity contribution is 0.0951. The van der Waals surface area contributed by atoms with Crippen LogP contribution in [0.3, 0.4) is 0 Å². The summed E-state index contributed by atoms with van der Waals surface area (Å²) in [5, 5.41) is 14.0. The van der Waals surface area contributed by atoms with Crippen LogP contribution < -0.4 is 5.32 Å². The van der Waals surface area contributed by atoms with E-state index in [-0.39, 0.29) is 5.91 Å². The summed E-state index contributed by atoms with van der Waals surface area (Å²) < 4.78 is 1.53. The first-order valence-corrected chi connectivity index (χ1v) is 8.17. The maximum Gasteiger partial charge on any atom is 0.251 e. The van der Waals surface area contributed by atoms with E-state index >= 15 is 0 Å². The molecule has 0 saturated carbocycles. The first kappa shape index (κ1) is 15.6. The van der Waals surface area contributed by atoms with Gasteiger partial charge in [0, 0.05) is 12.1 Å². The van der Waals surface area contributed by atoms with E-state index in [1.54, 1.807) is 12.1 Å². The monoisotopic (exact) mass is 314 g/mol. The predicted octanol–water partition coefficient (Wildman–Crippen LogP) is 1.27. The Bertz CT molecular complexity index is 621. The van der Waals surface area contributed by atoms with E-state index in [4.69, 9.17) is 0 Å². The number of likely N-dealkylation sites (tertiary alicyclic amines) is 1. The summed E-state index contributed by atoms with van der Waals surface area (Å²) in [4.78, 5) is 14.7. The fourth-order valence-electron chi connectivity index (χ4n) is 2.86. The highest BCUT2D eigenvalue weighted by atomic mass is 16.1. The van der Waals surface area contributed by atoms with Crippen molar-refractivity contribution in [2.45, 2.75) is 25.7 Å². The molecule has 2 heterocycles. The SMILES string of the molecule is O=C(NCCCN1CCCCC1)c1cccc(-n2cnnn2)c1. The van der Waals surface area contributed by atoms with Gasteiger partial charge in [-0.2, -0.15) is 0 Å². The van der Waals surface area contributed by atoms with Gasteiger partial charge in [0.15, 0.2) is 0 Å². The van der Waals surface area contributed by atoms with Crippen LogP contribution >= 0.6 is 0 Å². The Hall–Kier alpha value is -2.28. The maximum atomic E-state index is 12.2. The summed E-state index contributed by atoms with van der Waals surface area (Å²) in [7, 11) is 0. The molecule has 1 aromatic heterocycles. The van der Waals surface area contributed by atoms with Gasteiger partial charge in [-0.15, -0.1) is 5.10 Å². The minimum absolute atomic E-state index is 0.0569. The van der Waals surface area contributed by atoms with Crippen LogP contribution in [0.5, 0.6) is 0 Å². The van der Waals surface area contributed by atoms with Gasteiger partial charge in [0.05, 0.1) is 5.69 Å². The number of hydrogen-bond donors (Lipinski definition) is 1. The van der Waals surface area contributed by atoms with Crippen LogP contribution in [0, 0.1) is 0 Å². The van der Waals surface area contributed by atoms with Crippen LogP contribution in [0.1, 0.15) is 36.0 Å². The van der Waals surface area contributed by atoms with Crippen LogP contribution in [0.25, 0.3) is 5.69 Å². The van der Waals surface area contributed by atoms with Crippen molar-refractivity contribution in [2.24, 2.45) is 0 Å². The smallest absolute Gasteiger partial charge is 0.251 e. The molecule has 0 atom stereocenters. The zero-order valence-electron chi connectivity index (χ0n) is 13.2. The second-order valence-corrected chi connectivity index (χ2v) is 5.82. The van der Waals surface area contributed by atoms with Crippen LogP contribution in [0.2, 0.25) is 0 Å². The van der Waals surface area contributed by atoms with E-state index in [1.165, 1.54) is 43.4 Å². The number of rotatable bonds is 6. The maximum absolute atomic E-state index is 12.2. The summed E-state index contributed by atoms with van der Waals surface area (Å²) >= 11 is 0. The number of piperidine rings is 1. The molecule has 0 aliphatic carbocycles. The Kier molecular flexibility index (Phi) is 5.31. The molecule has 2 aromatic rings. The van der Waals surface area contributed by atoms with Crippen molar-refractivity contribution >= 4 is 5.91 Å². The van der Waals surface area contributed by atoms with Crippen molar-refractivity contribution in [1.82, 2.24) is 30.4 Å². The lowest BCUT2D eigenvalue weighted by Gasteiger charge is -2.26. The molecule has 1 amide bonds. The molecule has 1 N–H and O–H groups in total. The van der Waals surface area contributed by atoms with Gasteiger partial charge in [-0.1, -0.05) is 12.5 Å². The fraction of sp³-hybridized carbons (Fsp3) is 0.500. The third-order valence-electron chi connectivity index (χ3n) is 4.11. The molecule has 122 valence electrons. The minimum Gasteiger partial charge on any atom is -0.352 e. The van der Waals surface area contributed by atoms with E-state index in [0.29, 0.717) is 12.1 Å². The number of carbonyl (C=O) groups is 1. The Morgan fingerprint density at radius 1 is 1.22 bits per heavy atom. The third-order valence-corrected chi connectivity index (χ3v) is 4.11. The molecule has 1 aromatic carbocycles. The number of amides is 1. The molecule has 1 saturated heterocycles. The highest BCUT2D eigenvalue weighted by Crippen LogP contribution is 2.10. The summed E-state index contributed by atoms with van der Waals surface area (Å²) in [6, 6.07) is 7.29. The standard InChI is InChI=1S/C16H22N6O/c23-16(17-8-5-11-21-9-2-1-3-10-21)14-6-4-7-15(12-14)22-13-18-19-20-22/h4,6-7,12-13H,1-3,5,8-11H2,(H,17,23). The molecule has 1 aliphatic heterocycles. The third kappa shape index (κ3) is 4.35. The van der Waals surface area contributed by atoms with Gasteiger partial charge in [-0.3, -0.25) is 4.79 Å². The zero-order chi connectivity index (χ0) is 15.9. The lowest BCUT2D eigenvalue weighted by Crippen LogP contribution is -2.33. The average Bonchev–Trinajstić information content (AvgIpc) is 3.14. The molecular formula is C16H22N6O. The van der Waals surface area contributed by atoms with Crippen LogP contribution in [0.15, 0.2) is 30.6 Å². The molecule has 1 fully saturated rings. The summed E-state index contributed by atoms with van der Waals surface area (Å²) in [5.74, 6) is -0.0569. The van der Waals surface area contributed by atoms with Crippen molar-refractivity contribution in [3.05, 3.63) is 36.2 Å². The molecule has 1 aliphatic rings. The van der Waals surface area contributed by atoms with Crippen molar-refractivity contribution < 1.29 is 4.79 Å². The summed E-state index contributed by atoms with van der Waals surface area (Å²) in [6.45, 7) is 4.15. The Labute approximate surface area is 135 Å². The number of benzene rings is 1. The summed E-state index contributed by atoms with van der Waals surface area (Å²) in [5.41, 5.74) is 1.40. The van der Waals surface area contributed by atoms with Gasteiger partial charge in [-0.25, -0.2) is 4.68 Å². The Morgan fingerprint density at radius 3 is 2.87 bits per heavy atom. The minimum atomic E-state index is -0.0569. The molecule has 0 radical (unpaired) electrons. The Balaban J connectivity index is 1.47. The van der Waals surface area contributed by atoms with Gasteiger partial charge in [-0.05, 0) is 67.5 Å². The van der Waals surface area contributed by atoms with E-state index in [2.05, 4.69) is 25.7 Å². The van der Waals surface area contributed by atoms with Gasteiger partial charge in [0.2, 0.25) is 0 Å². The van der Waals surface area contributed by atoms with E-state index in [0.717, 1.165) is 18.7 Å². The first-order chi connectivity index (χ1) is 11.3. The van der Waals surface area contributed by atoms with Gasteiger partial charge < -0.3 is 10.2 Å². The first-order valence-electron chi connectivity index (χ1n) is 8.17. The molecular weight excluding hydrogens is 292 g/mol. The van der Waals surface area contributed by atoms with Gasteiger partial charge >= 0.3 is 0 Å². The highest BCUT2D eigenvalue weighted by molar-refractivity contribution is 5.94. The van der Waals surface area contributed by atoms with Crippen LogP contribution in [-0.2, 0) is 0 Å². The number of nitrogens with one attached hydrogen (secondary N) is 1. The number of hydrogen-bond acceptors (Lipinski definition) is 5. The number of nitrogens with zero attached hydrogens (tertiary/aromatic N) is 5. The molecule has 7 nitrogen and oxygen atoms in total. The highest BCUT2D eigenvalue weighted by Gasteiger charge is 2.10. The molecule has 0 spiro atoms.